The average Bonchev–Trinajstić information content (AvgIpc) is 2.54. The molecule has 0 aliphatic carbocycles. The number of carbonyl (C=O) groups is 1. The number of rotatable bonds is 2. The molecule has 1 N–H and O–H groups in total. The number of hydrogen-bond acceptors (Lipinski definition) is 4. The van der Waals surface area contributed by atoms with Crippen LogP contribution in [0.3, 0.4) is 0 Å². The van der Waals surface area contributed by atoms with Gasteiger partial charge in [0.05, 0.1) is 4.90 Å². The molecule has 1 amide bonds. The number of nitrogens with one attached hydrogen (secondary N) is 1. The van der Waals surface area contributed by atoms with E-state index < -0.39 is 32.6 Å². The molecule has 2 aromatic rings. The van der Waals surface area contributed by atoms with Gasteiger partial charge in [-0.3, -0.25) is 4.79 Å². The normalized spacial score (nSPS) is 27.8. The van der Waals surface area contributed by atoms with Crippen LogP contribution in [0.15, 0.2) is 53.4 Å². The van der Waals surface area contributed by atoms with Gasteiger partial charge in [0.1, 0.15) is 5.75 Å². The average molecular weight is 378 g/mol. The highest BCUT2D eigenvalue weighted by Gasteiger charge is 2.53. The fraction of sp³-hybridized carbons (Fsp3) is 0.278. The number of amides is 1. The van der Waals surface area contributed by atoms with E-state index in [4.69, 9.17) is 16.3 Å². The summed E-state index contributed by atoms with van der Waals surface area (Å²) >= 11 is 5.85. The molecule has 2 aliphatic heterocycles. The lowest BCUT2D eigenvalue weighted by atomic mass is 9.81. The van der Waals surface area contributed by atoms with Gasteiger partial charge in [0, 0.05) is 17.4 Å². The van der Waals surface area contributed by atoms with E-state index in [-0.39, 0.29) is 4.90 Å². The minimum absolute atomic E-state index is 0.0876. The number of carbonyl (C=O) groups excluding carboxylic acids is 1. The third-order valence-corrected chi connectivity index (χ3v) is 7.14. The number of piperidine rings is 1. The van der Waals surface area contributed by atoms with Gasteiger partial charge in [-0.25, -0.2) is 8.42 Å². The number of para-hydroxylation sites is 1. The molecule has 2 heterocycles. The molecular weight excluding hydrogens is 362 g/mol. The Morgan fingerprint density at radius 1 is 1.16 bits per heavy atom. The fourth-order valence-corrected chi connectivity index (χ4v) is 5.63. The van der Waals surface area contributed by atoms with Crippen LogP contribution in [0, 0.1) is 0 Å². The second-order valence-corrected chi connectivity index (χ2v) is 9.10. The Kier molecular flexibility index (Phi) is 3.60. The third kappa shape index (κ3) is 2.60. The van der Waals surface area contributed by atoms with Gasteiger partial charge in [0.25, 0.3) is 0 Å². The zero-order valence-electron chi connectivity index (χ0n) is 13.4. The van der Waals surface area contributed by atoms with E-state index in [0.29, 0.717) is 17.2 Å². The molecule has 0 unspecified atom stereocenters. The fourth-order valence-electron chi connectivity index (χ4n) is 3.68. The van der Waals surface area contributed by atoms with Crippen molar-refractivity contribution in [2.75, 3.05) is 0 Å². The van der Waals surface area contributed by atoms with Crippen molar-refractivity contribution in [3.8, 4) is 5.75 Å². The number of benzene rings is 2. The lowest BCUT2D eigenvalue weighted by molar-refractivity contribution is -0.132. The van der Waals surface area contributed by atoms with Crippen molar-refractivity contribution in [1.29, 1.82) is 0 Å². The van der Waals surface area contributed by atoms with Crippen LogP contribution in [0.25, 0.3) is 0 Å². The molecule has 130 valence electrons. The third-order valence-electron chi connectivity index (χ3n) is 4.75. The first kappa shape index (κ1) is 16.4. The summed E-state index contributed by atoms with van der Waals surface area (Å²) in [4.78, 5) is 12.8. The van der Waals surface area contributed by atoms with Gasteiger partial charge in [-0.15, -0.1) is 0 Å². The van der Waals surface area contributed by atoms with Crippen LogP contribution in [0.2, 0.25) is 5.02 Å². The summed E-state index contributed by atoms with van der Waals surface area (Å²) in [5.41, 5.74) is -0.153. The van der Waals surface area contributed by atoms with Crippen LogP contribution < -0.4 is 10.1 Å². The van der Waals surface area contributed by atoms with Crippen molar-refractivity contribution >= 4 is 27.3 Å². The quantitative estimate of drug-likeness (QED) is 0.873. The molecule has 5 nitrogen and oxygen atoms in total. The maximum absolute atomic E-state index is 13.2. The van der Waals surface area contributed by atoms with E-state index in [2.05, 4.69) is 5.32 Å². The van der Waals surface area contributed by atoms with Crippen molar-refractivity contribution in [3.05, 3.63) is 59.1 Å². The van der Waals surface area contributed by atoms with Crippen molar-refractivity contribution < 1.29 is 17.9 Å². The maximum atomic E-state index is 13.2. The van der Waals surface area contributed by atoms with Crippen LogP contribution in [-0.2, 0) is 14.6 Å². The SMILES string of the molecule is C[C@]12C[C@H](c3ccccc3O1)[C@H](S(=O)(=O)c1ccc(Cl)cc1)C(=O)N2. The van der Waals surface area contributed by atoms with E-state index in [1.54, 1.807) is 13.0 Å². The Morgan fingerprint density at radius 2 is 1.84 bits per heavy atom. The first-order valence-corrected chi connectivity index (χ1v) is 9.82. The van der Waals surface area contributed by atoms with Crippen LogP contribution in [-0.4, -0.2) is 25.3 Å². The minimum Gasteiger partial charge on any atom is -0.468 e. The summed E-state index contributed by atoms with van der Waals surface area (Å²) in [7, 11) is -3.87. The van der Waals surface area contributed by atoms with Gasteiger partial charge in [-0.05, 0) is 42.8 Å². The summed E-state index contributed by atoms with van der Waals surface area (Å²) in [5, 5.41) is 1.97. The molecule has 0 radical (unpaired) electrons. The molecule has 2 aromatic carbocycles. The van der Waals surface area contributed by atoms with Gasteiger partial charge in [0.15, 0.2) is 20.8 Å². The Morgan fingerprint density at radius 3 is 2.56 bits per heavy atom. The molecule has 0 spiro atoms. The van der Waals surface area contributed by atoms with Crippen LogP contribution in [0.1, 0.15) is 24.8 Å². The van der Waals surface area contributed by atoms with Gasteiger partial charge in [-0.2, -0.15) is 0 Å². The maximum Gasteiger partial charge on any atom is 0.242 e. The molecule has 2 aliphatic rings. The molecule has 25 heavy (non-hydrogen) atoms. The van der Waals surface area contributed by atoms with E-state index in [1.807, 2.05) is 18.2 Å². The number of halogens is 1. The van der Waals surface area contributed by atoms with E-state index >= 15 is 0 Å². The Hall–Kier alpha value is -2.05. The summed E-state index contributed by atoms with van der Waals surface area (Å²) in [6.07, 6.45) is 0.396. The molecule has 4 rings (SSSR count). The molecule has 1 saturated heterocycles. The van der Waals surface area contributed by atoms with Crippen LogP contribution in [0.4, 0.5) is 0 Å². The summed E-state index contributed by atoms with van der Waals surface area (Å²) < 4.78 is 32.3. The molecule has 3 atom stereocenters. The zero-order chi connectivity index (χ0) is 17.8. The van der Waals surface area contributed by atoms with Crippen molar-refractivity contribution in [2.45, 2.75) is 35.1 Å². The van der Waals surface area contributed by atoms with Gasteiger partial charge in [-0.1, -0.05) is 29.8 Å². The highest BCUT2D eigenvalue weighted by molar-refractivity contribution is 7.92. The first-order valence-electron chi connectivity index (χ1n) is 7.90. The molecular formula is C18H16ClNO4S. The number of sulfone groups is 1. The Balaban J connectivity index is 1.85. The zero-order valence-corrected chi connectivity index (χ0v) is 15.0. The lowest BCUT2D eigenvalue weighted by Crippen LogP contribution is -2.63. The first-order chi connectivity index (χ1) is 11.8. The van der Waals surface area contributed by atoms with Gasteiger partial charge in [0.2, 0.25) is 5.91 Å². The Labute approximate surface area is 150 Å². The highest BCUT2D eigenvalue weighted by atomic mass is 35.5. The van der Waals surface area contributed by atoms with Gasteiger partial charge >= 0.3 is 0 Å². The number of fused-ring (bicyclic) bond motifs is 4. The molecule has 0 aromatic heterocycles. The largest absolute Gasteiger partial charge is 0.468 e. The van der Waals surface area contributed by atoms with Crippen molar-refractivity contribution in [1.82, 2.24) is 5.32 Å². The summed E-state index contributed by atoms with van der Waals surface area (Å²) in [6.45, 7) is 1.76. The second kappa shape index (κ2) is 5.47. The molecule has 0 saturated carbocycles. The Bertz CT molecular complexity index is 957. The summed E-state index contributed by atoms with van der Waals surface area (Å²) in [5.74, 6) is -0.398. The monoisotopic (exact) mass is 377 g/mol. The highest BCUT2D eigenvalue weighted by Crippen LogP contribution is 2.46. The second-order valence-electron chi connectivity index (χ2n) is 6.59. The predicted molar refractivity (Wildman–Crippen MR) is 93.4 cm³/mol. The van der Waals surface area contributed by atoms with Crippen LogP contribution in [0.5, 0.6) is 5.75 Å². The topological polar surface area (TPSA) is 72.5 Å². The van der Waals surface area contributed by atoms with Crippen molar-refractivity contribution in [3.63, 3.8) is 0 Å². The number of ether oxygens (including phenoxy) is 1. The minimum atomic E-state index is -3.87. The van der Waals surface area contributed by atoms with E-state index in [1.165, 1.54) is 24.3 Å². The predicted octanol–water partition coefficient (Wildman–Crippen LogP) is 2.89. The number of hydrogen-bond donors (Lipinski definition) is 1. The lowest BCUT2D eigenvalue weighted by Gasteiger charge is -2.46. The summed E-state index contributed by atoms with van der Waals surface area (Å²) in [6, 6.07) is 13.2. The standard InChI is InChI=1S/C18H16ClNO4S/c1-18-10-14(13-4-2-3-5-15(13)24-18)16(17(21)20-18)25(22,23)12-8-6-11(19)7-9-12/h2-9,14,16H,10H2,1H3,(H,20,21)/t14-,16+,18-/m1/s1. The van der Waals surface area contributed by atoms with Crippen molar-refractivity contribution in [2.24, 2.45) is 0 Å². The smallest absolute Gasteiger partial charge is 0.242 e. The molecule has 2 bridgehead atoms. The van der Waals surface area contributed by atoms with Gasteiger partial charge < -0.3 is 10.1 Å². The molecule has 7 heteroatoms. The van der Waals surface area contributed by atoms with Crippen LogP contribution >= 0.6 is 11.6 Å². The van der Waals surface area contributed by atoms with E-state index in [9.17, 15) is 13.2 Å². The molecule has 1 fully saturated rings. The van der Waals surface area contributed by atoms with E-state index in [0.717, 1.165) is 5.56 Å².